The van der Waals surface area contributed by atoms with Gasteiger partial charge in [-0.3, -0.25) is 9.59 Å². The van der Waals surface area contributed by atoms with E-state index < -0.39 is 17.1 Å². The van der Waals surface area contributed by atoms with Gasteiger partial charge in [0.25, 0.3) is 5.91 Å². The summed E-state index contributed by atoms with van der Waals surface area (Å²) >= 11 is 0.407. The van der Waals surface area contributed by atoms with Gasteiger partial charge in [0.2, 0.25) is 5.91 Å². The van der Waals surface area contributed by atoms with Crippen molar-refractivity contribution in [1.82, 2.24) is 15.2 Å². The second kappa shape index (κ2) is 7.96. The number of rotatable bonds is 5. The number of nitrogens with one attached hydrogen (secondary N) is 1. The summed E-state index contributed by atoms with van der Waals surface area (Å²) in [6.07, 6.45) is -1.37. The van der Waals surface area contributed by atoms with Crippen LogP contribution >= 0.6 is 11.3 Å². The van der Waals surface area contributed by atoms with Gasteiger partial charge in [-0.2, -0.15) is 13.2 Å². The fourth-order valence-corrected chi connectivity index (χ4v) is 3.23. The van der Waals surface area contributed by atoms with E-state index in [4.69, 9.17) is 0 Å². The normalized spacial score (nSPS) is 18.5. The molecule has 0 aliphatic carbocycles. The SMILES string of the molecule is CCCCNC(=O)C1CCCN(C(=O)c2csc(C(F)(F)F)n2)C1. The zero-order valence-electron chi connectivity index (χ0n) is 13.4. The molecule has 1 saturated heterocycles. The van der Waals surface area contributed by atoms with E-state index in [9.17, 15) is 22.8 Å². The van der Waals surface area contributed by atoms with E-state index in [2.05, 4.69) is 10.3 Å². The summed E-state index contributed by atoms with van der Waals surface area (Å²) in [4.78, 5) is 29.2. The summed E-state index contributed by atoms with van der Waals surface area (Å²) in [5.74, 6) is -0.969. The van der Waals surface area contributed by atoms with Gasteiger partial charge in [-0.15, -0.1) is 11.3 Å². The first kappa shape index (κ1) is 18.7. The highest BCUT2D eigenvalue weighted by Gasteiger charge is 2.36. The summed E-state index contributed by atoms with van der Waals surface area (Å²) < 4.78 is 37.8. The number of likely N-dealkylation sites (tertiary alicyclic amines) is 1. The number of carbonyl (C=O) groups excluding carboxylic acids is 2. The Bertz CT molecular complexity index is 589. The molecule has 1 aliphatic heterocycles. The Morgan fingerprint density at radius 3 is 2.83 bits per heavy atom. The highest BCUT2D eigenvalue weighted by atomic mass is 32.1. The van der Waals surface area contributed by atoms with Crippen LogP contribution in [0.5, 0.6) is 0 Å². The average molecular weight is 363 g/mol. The van der Waals surface area contributed by atoms with Gasteiger partial charge < -0.3 is 10.2 Å². The lowest BCUT2D eigenvalue weighted by Crippen LogP contribution is -2.45. The van der Waals surface area contributed by atoms with E-state index in [-0.39, 0.29) is 24.1 Å². The molecule has 2 amide bonds. The minimum Gasteiger partial charge on any atom is -0.356 e. The number of nitrogens with zero attached hydrogens (tertiary/aromatic N) is 2. The van der Waals surface area contributed by atoms with Gasteiger partial charge in [-0.25, -0.2) is 4.98 Å². The van der Waals surface area contributed by atoms with E-state index in [1.54, 1.807) is 0 Å². The predicted octanol–water partition coefficient (Wildman–Crippen LogP) is 2.93. The smallest absolute Gasteiger partial charge is 0.356 e. The molecule has 0 radical (unpaired) electrons. The first-order chi connectivity index (χ1) is 11.3. The van der Waals surface area contributed by atoms with Gasteiger partial charge in [-0.1, -0.05) is 13.3 Å². The largest absolute Gasteiger partial charge is 0.443 e. The van der Waals surface area contributed by atoms with Gasteiger partial charge >= 0.3 is 6.18 Å². The van der Waals surface area contributed by atoms with Gasteiger partial charge in [0, 0.05) is 25.0 Å². The van der Waals surface area contributed by atoms with E-state index in [0.29, 0.717) is 37.3 Å². The van der Waals surface area contributed by atoms with Crippen molar-refractivity contribution in [2.24, 2.45) is 5.92 Å². The third kappa shape index (κ3) is 4.68. The second-order valence-corrected chi connectivity index (χ2v) is 6.63. The third-order valence-electron chi connectivity index (χ3n) is 3.87. The quantitative estimate of drug-likeness (QED) is 0.818. The molecule has 9 heteroatoms. The van der Waals surface area contributed by atoms with E-state index in [1.807, 2.05) is 6.92 Å². The number of amides is 2. The number of piperidine rings is 1. The molecule has 2 heterocycles. The first-order valence-electron chi connectivity index (χ1n) is 7.92. The highest BCUT2D eigenvalue weighted by molar-refractivity contribution is 7.09. The van der Waals surface area contributed by atoms with Crippen molar-refractivity contribution in [3.63, 3.8) is 0 Å². The van der Waals surface area contributed by atoms with Crippen LogP contribution in [0.1, 0.15) is 48.1 Å². The van der Waals surface area contributed by atoms with E-state index >= 15 is 0 Å². The molecule has 0 saturated carbocycles. The Labute approximate surface area is 142 Å². The summed E-state index contributed by atoms with van der Waals surface area (Å²) in [7, 11) is 0. The van der Waals surface area contributed by atoms with Crippen LogP contribution in [-0.4, -0.2) is 41.3 Å². The summed E-state index contributed by atoms with van der Waals surface area (Å²) in [5, 5.41) is 2.93. The maximum absolute atomic E-state index is 12.6. The zero-order valence-corrected chi connectivity index (χ0v) is 14.2. The lowest BCUT2D eigenvalue weighted by Gasteiger charge is -2.31. The van der Waals surface area contributed by atoms with Crippen molar-refractivity contribution in [2.45, 2.75) is 38.8 Å². The maximum atomic E-state index is 12.6. The van der Waals surface area contributed by atoms with Crippen LogP contribution in [0.4, 0.5) is 13.2 Å². The Kier molecular flexibility index (Phi) is 6.20. The van der Waals surface area contributed by atoms with Crippen LogP contribution in [0.25, 0.3) is 0 Å². The standard InChI is InChI=1S/C15H20F3N3O2S/c1-2-3-6-19-12(22)10-5-4-7-21(8-10)13(23)11-9-24-14(20-11)15(16,17)18/h9-10H,2-8H2,1H3,(H,19,22). The molecular formula is C15H20F3N3O2S. The summed E-state index contributed by atoms with van der Waals surface area (Å²) in [6.45, 7) is 3.27. The first-order valence-corrected chi connectivity index (χ1v) is 8.80. The number of carbonyl (C=O) groups is 2. The van der Waals surface area contributed by atoms with E-state index in [1.165, 1.54) is 4.90 Å². The molecule has 1 unspecified atom stereocenters. The van der Waals surface area contributed by atoms with Gasteiger partial charge in [-0.05, 0) is 19.3 Å². The summed E-state index contributed by atoms with van der Waals surface area (Å²) in [6, 6.07) is 0. The Balaban J connectivity index is 1.97. The number of alkyl halides is 3. The number of hydrogen-bond donors (Lipinski definition) is 1. The van der Waals surface area contributed by atoms with Crippen LogP contribution in [0.2, 0.25) is 0 Å². The fourth-order valence-electron chi connectivity index (χ4n) is 2.57. The Hall–Kier alpha value is -1.64. The lowest BCUT2D eigenvalue weighted by molar-refractivity contribution is -0.137. The molecule has 0 bridgehead atoms. The van der Waals surface area contributed by atoms with Gasteiger partial charge in [0.1, 0.15) is 5.69 Å². The minimum atomic E-state index is -4.55. The van der Waals surface area contributed by atoms with Crippen molar-refractivity contribution >= 4 is 23.2 Å². The van der Waals surface area contributed by atoms with Gasteiger partial charge in [0.15, 0.2) is 5.01 Å². The minimum absolute atomic E-state index is 0.102. The van der Waals surface area contributed by atoms with Crippen LogP contribution in [0, 0.1) is 5.92 Å². The molecule has 134 valence electrons. The van der Waals surface area contributed by atoms with Crippen LogP contribution in [0.15, 0.2) is 5.38 Å². The molecule has 0 spiro atoms. The molecule has 5 nitrogen and oxygen atoms in total. The lowest BCUT2D eigenvalue weighted by atomic mass is 9.97. The second-order valence-electron chi connectivity index (χ2n) is 5.77. The number of thiazole rings is 1. The summed E-state index contributed by atoms with van der Waals surface area (Å²) in [5.41, 5.74) is -0.209. The number of unbranched alkanes of at least 4 members (excludes halogenated alkanes) is 1. The molecule has 24 heavy (non-hydrogen) atoms. The number of halogens is 3. The molecule has 1 aromatic rings. The topological polar surface area (TPSA) is 62.3 Å². The van der Waals surface area contributed by atoms with Crippen molar-refractivity contribution < 1.29 is 22.8 Å². The van der Waals surface area contributed by atoms with Crippen molar-refractivity contribution in [3.05, 3.63) is 16.1 Å². The monoisotopic (exact) mass is 363 g/mol. The highest BCUT2D eigenvalue weighted by Crippen LogP contribution is 2.32. The van der Waals surface area contributed by atoms with Crippen LogP contribution < -0.4 is 5.32 Å². The van der Waals surface area contributed by atoms with Crippen molar-refractivity contribution in [2.75, 3.05) is 19.6 Å². The third-order valence-corrected chi connectivity index (χ3v) is 4.76. The van der Waals surface area contributed by atoms with E-state index in [0.717, 1.165) is 18.2 Å². The fraction of sp³-hybridized carbons (Fsp3) is 0.667. The number of hydrogen-bond acceptors (Lipinski definition) is 4. The molecular weight excluding hydrogens is 343 g/mol. The van der Waals surface area contributed by atoms with Crippen molar-refractivity contribution in [1.29, 1.82) is 0 Å². The molecule has 1 aromatic heterocycles. The zero-order chi connectivity index (χ0) is 17.7. The van der Waals surface area contributed by atoms with Crippen LogP contribution in [0.3, 0.4) is 0 Å². The molecule has 1 fully saturated rings. The molecule has 1 N–H and O–H groups in total. The van der Waals surface area contributed by atoms with Crippen LogP contribution in [-0.2, 0) is 11.0 Å². The molecule has 2 rings (SSSR count). The van der Waals surface area contributed by atoms with Crippen molar-refractivity contribution in [3.8, 4) is 0 Å². The Morgan fingerprint density at radius 2 is 2.21 bits per heavy atom. The predicted molar refractivity (Wildman–Crippen MR) is 83.7 cm³/mol. The molecule has 0 aromatic carbocycles. The number of aromatic nitrogens is 1. The van der Waals surface area contributed by atoms with Gasteiger partial charge in [0.05, 0.1) is 5.92 Å². The maximum Gasteiger partial charge on any atom is 0.443 e. The molecule has 1 atom stereocenters. The average Bonchev–Trinajstić information content (AvgIpc) is 3.04. The Morgan fingerprint density at radius 1 is 1.46 bits per heavy atom. The molecule has 1 aliphatic rings.